The van der Waals surface area contributed by atoms with Crippen molar-refractivity contribution in [3.05, 3.63) is 42.0 Å². The largest absolute Gasteiger partial charge is 0.468 e. The molecule has 35 heavy (non-hydrogen) atoms. The van der Waals surface area contributed by atoms with Crippen LogP contribution < -0.4 is 10.6 Å². The summed E-state index contributed by atoms with van der Waals surface area (Å²) in [5.74, 6) is -1.60. The first-order valence-electron chi connectivity index (χ1n) is 11.8. The second-order valence-corrected chi connectivity index (χ2v) is 9.18. The highest BCUT2D eigenvalue weighted by atomic mass is 16.6. The van der Waals surface area contributed by atoms with Crippen LogP contribution in [0.5, 0.6) is 0 Å². The Hall–Kier alpha value is -3.36. The van der Waals surface area contributed by atoms with Crippen LogP contribution in [0, 0.1) is 0 Å². The summed E-state index contributed by atoms with van der Waals surface area (Å²) < 4.78 is 9.90. The average Bonchev–Trinajstić information content (AvgIpc) is 2.80. The zero-order chi connectivity index (χ0) is 26.6. The van der Waals surface area contributed by atoms with Gasteiger partial charge in [-0.05, 0) is 51.3 Å². The van der Waals surface area contributed by atoms with Crippen LogP contribution in [0.2, 0.25) is 0 Å². The van der Waals surface area contributed by atoms with Gasteiger partial charge in [-0.2, -0.15) is 0 Å². The predicted molar refractivity (Wildman–Crippen MR) is 134 cm³/mol. The van der Waals surface area contributed by atoms with E-state index in [4.69, 9.17) is 4.74 Å². The van der Waals surface area contributed by atoms with Gasteiger partial charge in [0.25, 0.3) is 0 Å². The van der Waals surface area contributed by atoms with Gasteiger partial charge in [0.2, 0.25) is 11.8 Å². The second kappa shape index (κ2) is 14.1. The first-order chi connectivity index (χ1) is 16.4. The van der Waals surface area contributed by atoms with E-state index >= 15 is 0 Å². The van der Waals surface area contributed by atoms with Gasteiger partial charge in [0.05, 0.1) is 7.11 Å². The lowest BCUT2D eigenvalue weighted by Crippen LogP contribution is -2.52. The fourth-order valence-corrected chi connectivity index (χ4v) is 3.35. The minimum absolute atomic E-state index is 0.279. The number of hydrogen-bond donors (Lipinski definition) is 2. The molecule has 0 saturated carbocycles. The number of alkyl carbamates (subject to hydrolysis) is 1. The molecule has 2 N–H and O–H groups in total. The lowest BCUT2D eigenvalue weighted by atomic mass is 10.00. The predicted octanol–water partition coefficient (Wildman–Crippen LogP) is 3.59. The molecule has 1 rings (SSSR count). The van der Waals surface area contributed by atoms with Gasteiger partial charge in [0.1, 0.15) is 24.2 Å². The van der Waals surface area contributed by atoms with E-state index in [9.17, 15) is 19.2 Å². The van der Waals surface area contributed by atoms with Crippen LogP contribution in [0.3, 0.4) is 0 Å². The molecule has 9 nitrogen and oxygen atoms in total. The lowest BCUT2D eigenvalue weighted by molar-refractivity contribution is -0.144. The summed E-state index contributed by atoms with van der Waals surface area (Å²) in [7, 11) is 1.23. The number of ether oxygens (including phenoxy) is 2. The third-order valence-electron chi connectivity index (χ3n) is 5.05. The number of rotatable bonds is 12. The highest BCUT2D eigenvalue weighted by Gasteiger charge is 2.34. The van der Waals surface area contributed by atoms with Gasteiger partial charge in [0.15, 0.2) is 0 Å². The Bertz CT molecular complexity index is 893. The molecule has 1 aromatic rings. The van der Waals surface area contributed by atoms with E-state index in [0.717, 1.165) is 18.4 Å². The van der Waals surface area contributed by atoms with Crippen LogP contribution in [0.1, 0.15) is 71.0 Å². The molecule has 0 heterocycles. The normalized spacial score (nSPS) is 12.6. The Balaban J connectivity index is 3.35. The molecule has 0 aliphatic heterocycles. The molecular weight excluding hydrogens is 450 g/mol. The quantitative estimate of drug-likeness (QED) is 0.343. The van der Waals surface area contributed by atoms with E-state index < -0.39 is 41.6 Å². The number of amides is 3. The van der Waals surface area contributed by atoms with E-state index in [-0.39, 0.29) is 13.1 Å². The summed E-state index contributed by atoms with van der Waals surface area (Å²) in [6.07, 6.45) is 3.33. The minimum Gasteiger partial charge on any atom is -0.468 e. The number of hydrogen-bond acceptors (Lipinski definition) is 6. The minimum atomic E-state index is -1.04. The van der Waals surface area contributed by atoms with Crippen molar-refractivity contribution < 1.29 is 28.7 Å². The summed E-state index contributed by atoms with van der Waals surface area (Å²) in [5, 5.41) is 5.12. The van der Waals surface area contributed by atoms with Crippen LogP contribution in [0.4, 0.5) is 4.79 Å². The summed E-state index contributed by atoms with van der Waals surface area (Å²) in [4.78, 5) is 52.3. The number of nitrogens with zero attached hydrogens (tertiary/aromatic N) is 1. The van der Waals surface area contributed by atoms with Crippen LogP contribution >= 0.6 is 0 Å². The van der Waals surface area contributed by atoms with Crippen molar-refractivity contribution in [3.63, 3.8) is 0 Å². The number of esters is 1. The number of carbonyl (C=O) groups is 4. The number of methoxy groups -OCH3 is 1. The van der Waals surface area contributed by atoms with Crippen LogP contribution in [-0.2, 0) is 23.9 Å². The Labute approximate surface area is 208 Å². The van der Waals surface area contributed by atoms with Crippen LogP contribution in [-0.4, -0.2) is 60.6 Å². The van der Waals surface area contributed by atoms with Gasteiger partial charge < -0.3 is 25.0 Å². The molecule has 1 aromatic carbocycles. The Kier molecular flexibility index (Phi) is 12.0. The molecule has 2 atom stereocenters. The first-order valence-corrected chi connectivity index (χ1v) is 11.8. The molecule has 0 bridgehead atoms. The van der Waals surface area contributed by atoms with Crippen molar-refractivity contribution in [1.82, 2.24) is 15.5 Å². The topological polar surface area (TPSA) is 114 Å². The summed E-state index contributed by atoms with van der Waals surface area (Å²) in [6, 6.07) is 5.11. The standard InChI is InChI=1S/C26H39N3O6/c1-8-10-11-15-29(24(32)18(3)28-25(33)35-26(4,5)6)22(23(31)27-17-21(30)34-7)20-14-12-13-19(9-2)16-20/h9,12-14,16,18,22H,2,8,10-11,15,17H2,1,3-7H3,(H,27,31)(H,28,33). The summed E-state index contributed by atoms with van der Waals surface area (Å²) in [6.45, 7) is 12.5. The molecule has 0 aliphatic rings. The van der Waals surface area contributed by atoms with E-state index in [0.29, 0.717) is 12.0 Å². The van der Waals surface area contributed by atoms with Gasteiger partial charge in [-0.3, -0.25) is 14.4 Å². The Morgan fingerprint density at radius 1 is 1.17 bits per heavy atom. The molecule has 9 heteroatoms. The summed E-state index contributed by atoms with van der Waals surface area (Å²) in [5.41, 5.74) is 0.600. The van der Waals surface area contributed by atoms with Crippen molar-refractivity contribution in [2.45, 2.75) is 71.6 Å². The molecule has 2 unspecified atom stereocenters. The third-order valence-corrected chi connectivity index (χ3v) is 5.05. The smallest absolute Gasteiger partial charge is 0.408 e. The van der Waals surface area contributed by atoms with Gasteiger partial charge >= 0.3 is 12.1 Å². The zero-order valence-electron chi connectivity index (χ0n) is 21.7. The molecule has 0 fully saturated rings. The highest BCUT2D eigenvalue weighted by Crippen LogP contribution is 2.25. The monoisotopic (exact) mass is 489 g/mol. The van der Waals surface area contributed by atoms with Crippen molar-refractivity contribution in [2.24, 2.45) is 0 Å². The fraction of sp³-hybridized carbons (Fsp3) is 0.538. The lowest BCUT2D eigenvalue weighted by Gasteiger charge is -2.33. The SMILES string of the molecule is C=Cc1cccc(C(C(=O)NCC(=O)OC)N(CCCCC)C(=O)C(C)NC(=O)OC(C)(C)C)c1. The van der Waals surface area contributed by atoms with E-state index in [2.05, 4.69) is 21.9 Å². The maximum atomic E-state index is 13.6. The zero-order valence-corrected chi connectivity index (χ0v) is 21.7. The molecule has 0 aliphatic carbocycles. The third kappa shape index (κ3) is 10.2. The maximum Gasteiger partial charge on any atom is 0.408 e. The van der Waals surface area contributed by atoms with Crippen molar-refractivity contribution in [2.75, 3.05) is 20.2 Å². The van der Waals surface area contributed by atoms with Gasteiger partial charge in [-0.25, -0.2) is 4.79 Å². The molecule has 0 aromatic heterocycles. The first kappa shape index (κ1) is 29.7. The molecule has 3 amide bonds. The van der Waals surface area contributed by atoms with Gasteiger partial charge in [0, 0.05) is 6.54 Å². The molecule has 194 valence electrons. The highest BCUT2D eigenvalue weighted by molar-refractivity contribution is 5.93. The van der Waals surface area contributed by atoms with Crippen molar-refractivity contribution in [1.29, 1.82) is 0 Å². The number of carbonyl (C=O) groups excluding carboxylic acids is 4. The molecule has 0 radical (unpaired) electrons. The number of unbranched alkanes of at least 4 members (excludes halogenated alkanes) is 2. The molecule has 0 saturated heterocycles. The molecular formula is C26H39N3O6. The maximum absolute atomic E-state index is 13.6. The summed E-state index contributed by atoms with van der Waals surface area (Å²) >= 11 is 0. The van der Waals surface area contributed by atoms with E-state index in [1.54, 1.807) is 52.0 Å². The molecule has 0 spiro atoms. The van der Waals surface area contributed by atoms with E-state index in [1.165, 1.54) is 12.0 Å². The Morgan fingerprint density at radius 2 is 1.86 bits per heavy atom. The van der Waals surface area contributed by atoms with Crippen molar-refractivity contribution in [3.8, 4) is 0 Å². The fourth-order valence-electron chi connectivity index (χ4n) is 3.35. The van der Waals surface area contributed by atoms with Crippen LogP contribution in [0.15, 0.2) is 30.8 Å². The average molecular weight is 490 g/mol. The second-order valence-electron chi connectivity index (χ2n) is 9.18. The van der Waals surface area contributed by atoms with Gasteiger partial charge in [-0.15, -0.1) is 0 Å². The van der Waals surface area contributed by atoms with E-state index in [1.807, 2.05) is 13.0 Å². The number of benzene rings is 1. The van der Waals surface area contributed by atoms with Gasteiger partial charge in [-0.1, -0.05) is 50.6 Å². The van der Waals surface area contributed by atoms with Crippen LogP contribution in [0.25, 0.3) is 6.08 Å². The van der Waals surface area contributed by atoms with Crippen molar-refractivity contribution >= 4 is 30.0 Å². The Morgan fingerprint density at radius 3 is 2.43 bits per heavy atom. The number of nitrogens with one attached hydrogen (secondary N) is 2.